The molecule has 0 aromatic heterocycles. The van der Waals surface area contributed by atoms with Gasteiger partial charge in [-0.15, -0.1) is 0 Å². The van der Waals surface area contributed by atoms with E-state index in [0.29, 0.717) is 6.42 Å². The highest BCUT2D eigenvalue weighted by molar-refractivity contribution is 9.10. The fraction of sp³-hybridized carbons (Fsp3) is 0.652. The molecule has 5 heteroatoms. The zero-order valence-electron chi connectivity index (χ0n) is 16.8. The second-order valence-corrected chi connectivity index (χ2v) is 11.2. The number of benzene rings is 1. The minimum absolute atomic E-state index is 0.0520. The zero-order valence-corrected chi connectivity index (χ0v) is 18.4. The summed E-state index contributed by atoms with van der Waals surface area (Å²) in [6, 6.07) is 9.84. The van der Waals surface area contributed by atoms with Crippen LogP contribution in [0.15, 0.2) is 30.3 Å². The molecule has 0 N–H and O–H groups in total. The fourth-order valence-corrected chi connectivity index (χ4v) is 7.83. The molecule has 4 fully saturated rings. The molecule has 4 aliphatic carbocycles. The number of alkyl halides is 1. The van der Waals surface area contributed by atoms with Crippen molar-refractivity contribution in [3.8, 4) is 0 Å². The van der Waals surface area contributed by atoms with Gasteiger partial charge in [0.15, 0.2) is 6.61 Å². The van der Waals surface area contributed by atoms with Gasteiger partial charge in [0.05, 0.1) is 12.5 Å². The molecule has 0 aliphatic heterocycles. The van der Waals surface area contributed by atoms with Crippen molar-refractivity contribution in [2.75, 3.05) is 13.7 Å². The number of ether oxygens (including phenoxy) is 1. The number of likely N-dealkylation sites (N-methyl/N-ethyl adjacent to an activating group) is 1. The highest BCUT2D eigenvalue weighted by Crippen LogP contribution is 2.65. The second kappa shape index (κ2) is 7.47. The van der Waals surface area contributed by atoms with Crippen LogP contribution in [0.1, 0.15) is 63.5 Å². The number of hydrogen-bond acceptors (Lipinski definition) is 3. The van der Waals surface area contributed by atoms with E-state index in [1.165, 1.54) is 19.3 Å². The third kappa shape index (κ3) is 4.00. The second-order valence-electron chi connectivity index (χ2n) is 9.54. The first kappa shape index (κ1) is 19.9. The minimum Gasteiger partial charge on any atom is -0.456 e. The third-order valence-corrected chi connectivity index (χ3v) is 8.17. The number of halogens is 1. The Hall–Kier alpha value is -1.36. The summed E-state index contributed by atoms with van der Waals surface area (Å²) in [4.78, 5) is 26.8. The van der Waals surface area contributed by atoms with Gasteiger partial charge in [0.2, 0.25) is 0 Å². The van der Waals surface area contributed by atoms with Gasteiger partial charge in [-0.25, -0.2) is 0 Å². The van der Waals surface area contributed by atoms with Crippen LogP contribution in [0.3, 0.4) is 0 Å². The third-order valence-electron chi connectivity index (χ3n) is 7.24. The Kier molecular flexibility index (Phi) is 5.32. The summed E-state index contributed by atoms with van der Waals surface area (Å²) in [6.07, 6.45) is 7.64. The lowest BCUT2D eigenvalue weighted by Crippen LogP contribution is -2.53. The van der Waals surface area contributed by atoms with Gasteiger partial charge in [-0.3, -0.25) is 9.59 Å². The van der Waals surface area contributed by atoms with E-state index in [4.69, 9.17) is 4.74 Å². The van der Waals surface area contributed by atoms with E-state index in [0.717, 1.165) is 36.7 Å². The maximum absolute atomic E-state index is 12.6. The molecule has 1 aromatic carbocycles. The number of hydrogen-bond donors (Lipinski definition) is 0. The first-order valence-corrected chi connectivity index (χ1v) is 11.2. The highest BCUT2D eigenvalue weighted by Gasteiger charge is 2.57. The molecule has 0 spiro atoms. The van der Waals surface area contributed by atoms with E-state index in [-0.39, 0.29) is 34.3 Å². The molecule has 4 nitrogen and oxygen atoms in total. The van der Waals surface area contributed by atoms with E-state index >= 15 is 0 Å². The molecular weight excluding hydrogens is 418 g/mol. The molecule has 28 heavy (non-hydrogen) atoms. The molecule has 4 aliphatic rings. The van der Waals surface area contributed by atoms with Gasteiger partial charge in [-0.1, -0.05) is 46.3 Å². The Morgan fingerprint density at radius 2 is 1.82 bits per heavy atom. The zero-order chi connectivity index (χ0) is 19.9. The van der Waals surface area contributed by atoms with Gasteiger partial charge in [0.25, 0.3) is 5.91 Å². The lowest BCUT2D eigenvalue weighted by atomic mass is 9.49. The number of carbonyl (C=O) groups is 2. The molecule has 3 unspecified atom stereocenters. The molecule has 0 heterocycles. The van der Waals surface area contributed by atoms with Gasteiger partial charge < -0.3 is 9.64 Å². The smallest absolute Gasteiger partial charge is 0.306 e. The van der Waals surface area contributed by atoms with Crippen molar-refractivity contribution >= 4 is 27.8 Å². The molecule has 0 saturated heterocycles. The Balaban J connectivity index is 1.30. The van der Waals surface area contributed by atoms with Gasteiger partial charge in [-0.05, 0) is 68.3 Å². The number of carbonyl (C=O) groups excluding carboxylic acids is 2. The van der Waals surface area contributed by atoms with Crippen molar-refractivity contribution in [2.45, 2.75) is 62.2 Å². The number of amides is 1. The van der Waals surface area contributed by atoms with Crippen LogP contribution in [0.5, 0.6) is 0 Å². The largest absolute Gasteiger partial charge is 0.456 e. The molecule has 4 bridgehead atoms. The van der Waals surface area contributed by atoms with Gasteiger partial charge in [0.1, 0.15) is 0 Å². The summed E-state index contributed by atoms with van der Waals surface area (Å²) in [5.41, 5.74) is 1.15. The standard InChI is InChI=1S/C23H30BrNO3/c1-16(19-6-4-3-5-7-19)25(2)20(26)14-28-21(27)13-22-9-17-8-18(10-22)12-23(24,11-17)15-22/h3-7,16-18H,8-15H2,1-2H3. The van der Waals surface area contributed by atoms with Crippen molar-refractivity contribution < 1.29 is 14.3 Å². The van der Waals surface area contributed by atoms with Crippen LogP contribution in [0.2, 0.25) is 0 Å². The Morgan fingerprint density at radius 1 is 1.18 bits per heavy atom. The summed E-state index contributed by atoms with van der Waals surface area (Å²) in [7, 11) is 1.77. The molecule has 3 atom stereocenters. The molecule has 4 saturated carbocycles. The average molecular weight is 448 g/mol. The molecule has 1 amide bonds. The van der Waals surface area contributed by atoms with E-state index < -0.39 is 0 Å². The molecule has 0 radical (unpaired) electrons. The normalized spacial score (nSPS) is 34.1. The van der Waals surface area contributed by atoms with E-state index in [2.05, 4.69) is 15.9 Å². The van der Waals surface area contributed by atoms with Crippen LogP contribution < -0.4 is 0 Å². The SMILES string of the molecule is CC(c1ccccc1)N(C)C(=O)COC(=O)CC12CC3CC(CC(Br)(C3)C1)C2. The average Bonchev–Trinajstić information content (AvgIpc) is 2.63. The van der Waals surface area contributed by atoms with Crippen LogP contribution in [-0.4, -0.2) is 34.8 Å². The summed E-state index contributed by atoms with van der Waals surface area (Å²) < 4.78 is 5.67. The summed E-state index contributed by atoms with van der Waals surface area (Å²) in [5.74, 6) is 1.11. The first-order chi connectivity index (χ1) is 13.3. The Labute approximate surface area is 176 Å². The lowest BCUT2D eigenvalue weighted by Gasteiger charge is -2.60. The highest BCUT2D eigenvalue weighted by atomic mass is 79.9. The van der Waals surface area contributed by atoms with Crippen LogP contribution in [0.25, 0.3) is 0 Å². The van der Waals surface area contributed by atoms with Crippen molar-refractivity contribution in [3.63, 3.8) is 0 Å². The van der Waals surface area contributed by atoms with Crippen LogP contribution in [0, 0.1) is 17.3 Å². The van der Waals surface area contributed by atoms with Gasteiger partial charge in [0, 0.05) is 11.4 Å². The maximum atomic E-state index is 12.6. The molecule has 5 rings (SSSR count). The van der Waals surface area contributed by atoms with Crippen molar-refractivity contribution in [2.24, 2.45) is 17.3 Å². The Morgan fingerprint density at radius 3 is 2.43 bits per heavy atom. The summed E-state index contributed by atoms with van der Waals surface area (Å²) in [6.45, 7) is 1.81. The minimum atomic E-state index is -0.216. The van der Waals surface area contributed by atoms with Crippen molar-refractivity contribution in [1.82, 2.24) is 4.90 Å². The number of esters is 1. The molecular formula is C23H30BrNO3. The topological polar surface area (TPSA) is 46.6 Å². The fourth-order valence-electron chi connectivity index (χ4n) is 6.32. The first-order valence-electron chi connectivity index (χ1n) is 10.4. The molecule has 152 valence electrons. The lowest BCUT2D eigenvalue weighted by molar-refractivity contribution is -0.157. The summed E-state index contributed by atoms with van der Waals surface area (Å²) >= 11 is 3.99. The number of rotatable bonds is 6. The number of nitrogens with zero attached hydrogens (tertiary/aromatic N) is 1. The molecule has 1 aromatic rings. The quantitative estimate of drug-likeness (QED) is 0.461. The van der Waals surface area contributed by atoms with Crippen molar-refractivity contribution in [3.05, 3.63) is 35.9 Å². The maximum Gasteiger partial charge on any atom is 0.306 e. The van der Waals surface area contributed by atoms with Crippen LogP contribution in [0.4, 0.5) is 0 Å². The van der Waals surface area contributed by atoms with Crippen molar-refractivity contribution in [1.29, 1.82) is 0 Å². The van der Waals surface area contributed by atoms with Crippen LogP contribution in [-0.2, 0) is 14.3 Å². The predicted molar refractivity (Wildman–Crippen MR) is 112 cm³/mol. The van der Waals surface area contributed by atoms with Gasteiger partial charge in [-0.2, -0.15) is 0 Å². The van der Waals surface area contributed by atoms with Crippen LogP contribution >= 0.6 is 15.9 Å². The van der Waals surface area contributed by atoms with Gasteiger partial charge >= 0.3 is 5.97 Å². The Bertz CT molecular complexity index is 735. The van der Waals surface area contributed by atoms with E-state index in [1.54, 1.807) is 11.9 Å². The monoisotopic (exact) mass is 447 g/mol. The van der Waals surface area contributed by atoms with E-state index in [9.17, 15) is 9.59 Å². The predicted octanol–water partition coefficient (Wildman–Crippen LogP) is 4.87. The van der Waals surface area contributed by atoms with E-state index in [1.807, 2.05) is 37.3 Å². The summed E-state index contributed by atoms with van der Waals surface area (Å²) in [5, 5.41) is 0.